The van der Waals surface area contributed by atoms with Gasteiger partial charge in [-0.25, -0.2) is 4.68 Å². The van der Waals surface area contributed by atoms with Crippen molar-refractivity contribution in [2.24, 2.45) is 0 Å². The van der Waals surface area contributed by atoms with E-state index in [9.17, 15) is 14.4 Å². The van der Waals surface area contributed by atoms with Crippen molar-refractivity contribution in [1.29, 1.82) is 0 Å². The minimum Gasteiger partial charge on any atom is -0.345 e. The Labute approximate surface area is 170 Å². The normalized spacial score (nSPS) is 16.8. The number of piperazine rings is 1. The molecule has 8 nitrogen and oxygen atoms in total. The quantitative estimate of drug-likeness (QED) is 0.718. The molecule has 1 saturated heterocycles. The second-order valence-corrected chi connectivity index (χ2v) is 7.90. The molecule has 0 bridgehead atoms. The van der Waals surface area contributed by atoms with E-state index >= 15 is 0 Å². The molecule has 2 fully saturated rings. The van der Waals surface area contributed by atoms with Crippen molar-refractivity contribution in [3.05, 3.63) is 46.7 Å². The molecule has 1 aromatic carbocycles. The molecule has 0 unspecified atom stereocenters. The Bertz CT molecular complexity index is 899. The molecule has 1 aliphatic carbocycles. The average Bonchev–Trinajstić information content (AvgIpc) is 3.39. The van der Waals surface area contributed by atoms with Crippen LogP contribution in [0.5, 0.6) is 0 Å². The Morgan fingerprint density at radius 2 is 1.64 bits per heavy atom. The molecule has 9 heteroatoms. The lowest BCUT2D eigenvalue weighted by atomic mass is 10.2. The number of hydrogen-bond acceptors (Lipinski definition) is 4. The number of benzene rings is 1. The molecule has 1 saturated carbocycles. The van der Waals surface area contributed by atoms with Crippen molar-refractivity contribution in [3.8, 4) is 5.69 Å². The molecule has 1 N–H and O–H groups in total. The standard InChI is InChI=1S/C19H20BrN5O3/c20-14-1-5-16(6-2-14)25-12-13(11-21-25)18(27)23-7-9-24(10-8-23)19(28)17(26)22-15-3-4-15/h1-2,5-6,11-12,15H,3-4,7-10H2,(H,22,26). The number of aromatic nitrogens is 2. The van der Waals surface area contributed by atoms with E-state index in [1.165, 1.54) is 4.90 Å². The zero-order valence-corrected chi connectivity index (χ0v) is 16.8. The maximum atomic E-state index is 12.7. The summed E-state index contributed by atoms with van der Waals surface area (Å²) < 4.78 is 2.62. The summed E-state index contributed by atoms with van der Waals surface area (Å²) in [6.45, 7) is 1.49. The Hall–Kier alpha value is -2.68. The molecule has 0 atom stereocenters. The summed E-state index contributed by atoms with van der Waals surface area (Å²) in [5, 5.41) is 6.98. The van der Waals surface area contributed by atoms with Crippen LogP contribution in [0, 0.1) is 0 Å². The largest absolute Gasteiger partial charge is 0.345 e. The summed E-state index contributed by atoms with van der Waals surface area (Å²) in [5.74, 6) is -1.18. The summed E-state index contributed by atoms with van der Waals surface area (Å²) in [6.07, 6.45) is 5.13. The molecule has 0 spiro atoms. The molecule has 1 aromatic heterocycles. The molecule has 146 valence electrons. The molecular formula is C19H20BrN5O3. The second-order valence-electron chi connectivity index (χ2n) is 6.98. The Balaban J connectivity index is 1.34. The first-order valence-electron chi connectivity index (χ1n) is 9.21. The molecule has 2 heterocycles. The molecule has 3 amide bonds. The molecule has 28 heavy (non-hydrogen) atoms. The highest BCUT2D eigenvalue weighted by molar-refractivity contribution is 9.10. The minimum atomic E-state index is -0.543. The van der Waals surface area contributed by atoms with Crippen LogP contribution in [0.3, 0.4) is 0 Å². The van der Waals surface area contributed by atoms with E-state index in [1.807, 2.05) is 24.3 Å². The van der Waals surface area contributed by atoms with Gasteiger partial charge in [0.2, 0.25) is 0 Å². The Kier molecular flexibility index (Phi) is 5.17. The monoisotopic (exact) mass is 445 g/mol. The van der Waals surface area contributed by atoms with Gasteiger partial charge in [0.1, 0.15) is 0 Å². The van der Waals surface area contributed by atoms with Gasteiger partial charge in [-0.1, -0.05) is 15.9 Å². The summed E-state index contributed by atoms with van der Waals surface area (Å²) in [4.78, 5) is 40.0. The fourth-order valence-corrected chi connectivity index (χ4v) is 3.35. The number of hydrogen-bond donors (Lipinski definition) is 1. The van der Waals surface area contributed by atoms with Gasteiger partial charge in [-0.05, 0) is 37.1 Å². The van der Waals surface area contributed by atoms with Crippen LogP contribution in [-0.4, -0.2) is 69.5 Å². The van der Waals surface area contributed by atoms with E-state index in [0.717, 1.165) is 23.0 Å². The molecule has 4 rings (SSSR count). The molecule has 2 aliphatic rings. The van der Waals surface area contributed by atoms with Crippen molar-refractivity contribution in [1.82, 2.24) is 24.9 Å². The first-order valence-corrected chi connectivity index (χ1v) is 10.0. The number of carbonyl (C=O) groups excluding carboxylic acids is 3. The van der Waals surface area contributed by atoms with E-state index in [1.54, 1.807) is 22.0 Å². The lowest BCUT2D eigenvalue weighted by Crippen LogP contribution is -2.54. The lowest BCUT2D eigenvalue weighted by Gasteiger charge is -2.34. The highest BCUT2D eigenvalue weighted by Crippen LogP contribution is 2.19. The van der Waals surface area contributed by atoms with E-state index in [-0.39, 0.29) is 11.9 Å². The van der Waals surface area contributed by atoms with Crippen LogP contribution in [0.2, 0.25) is 0 Å². The van der Waals surface area contributed by atoms with Crippen molar-refractivity contribution < 1.29 is 14.4 Å². The Morgan fingerprint density at radius 1 is 1.00 bits per heavy atom. The van der Waals surface area contributed by atoms with E-state index < -0.39 is 11.8 Å². The zero-order chi connectivity index (χ0) is 19.7. The maximum absolute atomic E-state index is 12.7. The molecular weight excluding hydrogens is 426 g/mol. The number of rotatable bonds is 3. The van der Waals surface area contributed by atoms with Crippen molar-refractivity contribution in [3.63, 3.8) is 0 Å². The minimum absolute atomic E-state index is 0.127. The van der Waals surface area contributed by atoms with Gasteiger partial charge in [-0.3, -0.25) is 14.4 Å². The third-order valence-electron chi connectivity index (χ3n) is 4.88. The fourth-order valence-electron chi connectivity index (χ4n) is 3.08. The smallest absolute Gasteiger partial charge is 0.312 e. The van der Waals surface area contributed by atoms with Gasteiger partial charge in [0.25, 0.3) is 5.91 Å². The first-order chi connectivity index (χ1) is 13.5. The number of halogens is 1. The van der Waals surface area contributed by atoms with Gasteiger partial charge in [0.05, 0.1) is 17.4 Å². The average molecular weight is 446 g/mol. The maximum Gasteiger partial charge on any atom is 0.312 e. The van der Waals surface area contributed by atoms with Gasteiger partial charge in [0, 0.05) is 42.9 Å². The Morgan fingerprint density at radius 3 is 2.29 bits per heavy atom. The van der Waals surface area contributed by atoms with E-state index in [4.69, 9.17) is 0 Å². The second kappa shape index (κ2) is 7.75. The van der Waals surface area contributed by atoms with Crippen LogP contribution in [0.25, 0.3) is 5.69 Å². The lowest BCUT2D eigenvalue weighted by molar-refractivity contribution is -0.146. The highest BCUT2D eigenvalue weighted by Gasteiger charge is 2.31. The van der Waals surface area contributed by atoms with Crippen LogP contribution in [0.4, 0.5) is 0 Å². The van der Waals surface area contributed by atoms with Crippen molar-refractivity contribution >= 4 is 33.7 Å². The number of nitrogens with one attached hydrogen (secondary N) is 1. The highest BCUT2D eigenvalue weighted by atomic mass is 79.9. The summed E-state index contributed by atoms with van der Waals surface area (Å²) >= 11 is 3.39. The number of carbonyl (C=O) groups is 3. The third-order valence-corrected chi connectivity index (χ3v) is 5.41. The zero-order valence-electron chi connectivity index (χ0n) is 15.2. The summed E-state index contributed by atoms with van der Waals surface area (Å²) in [6, 6.07) is 7.79. The first kappa shape index (κ1) is 18.7. The predicted octanol–water partition coefficient (Wildman–Crippen LogP) is 1.20. The van der Waals surface area contributed by atoms with Crippen LogP contribution in [0.1, 0.15) is 23.2 Å². The number of amides is 3. The summed E-state index contributed by atoms with van der Waals surface area (Å²) in [5.41, 5.74) is 1.36. The number of nitrogens with zero attached hydrogens (tertiary/aromatic N) is 4. The van der Waals surface area contributed by atoms with Crippen LogP contribution >= 0.6 is 15.9 Å². The van der Waals surface area contributed by atoms with Gasteiger partial charge >= 0.3 is 11.8 Å². The van der Waals surface area contributed by atoms with Crippen LogP contribution in [0.15, 0.2) is 41.1 Å². The van der Waals surface area contributed by atoms with Crippen molar-refractivity contribution in [2.75, 3.05) is 26.2 Å². The van der Waals surface area contributed by atoms with Gasteiger partial charge in [0.15, 0.2) is 0 Å². The van der Waals surface area contributed by atoms with Crippen LogP contribution < -0.4 is 5.32 Å². The van der Waals surface area contributed by atoms with Gasteiger partial charge in [-0.15, -0.1) is 0 Å². The summed E-state index contributed by atoms with van der Waals surface area (Å²) in [7, 11) is 0. The molecule has 1 aliphatic heterocycles. The van der Waals surface area contributed by atoms with Gasteiger partial charge < -0.3 is 15.1 Å². The van der Waals surface area contributed by atoms with Gasteiger partial charge in [-0.2, -0.15) is 5.10 Å². The third kappa shape index (κ3) is 4.09. The SMILES string of the molecule is O=C(NC1CC1)C(=O)N1CCN(C(=O)c2cnn(-c3ccc(Br)cc3)c2)CC1. The predicted molar refractivity (Wildman–Crippen MR) is 105 cm³/mol. The fraction of sp³-hybridized carbons (Fsp3) is 0.368. The van der Waals surface area contributed by atoms with E-state index in [0.29, 0.717) is 31.7 Å². The molecule has 2 aromatic rings. The topological polar surface area (TPSA) is 87.5 Å². The van der Waals surface area contributed by atoms with Crippen LogP contribution in [-0.2, 0) is 9.59 Å². The van der Waals surface area contributed by atoms with Crippen molar-refractivity contribution in [2.45, 2.75) is 18.9 Å². The molecule has 0 radical (unpaired) electrons. The van der Waals surface area contributed by atoms with E-state index in [2.05, 4.69) is 26.3 Å².